The average molecular weight is 280 g/mol. The molecule has 118 valence electrons. The molecule has 0 aromatic heterocycles. The second-order valence-corrected chi connectivity index (χ2v) is 5.88. The topological polar surface area (TPSA) is 20.2 Å². The van der Waals surface area contributed by atoms with E-state index >= 15 is 0 Å². The van der Waals surface area contributed by atoms with E-state index in [1.54, 1.807) is 0 Å². The number of aliphatic hydroxyl groups is 1. The van der Waals surface area contributed by atoms with Crippen molar-refractivity contribution in [2.24, 2.45) is 5.92 Å². The standard InChI is InChI=1S/C19H36O/c1-3-4-5-13-16-19(2)17-14-11-9-7-6-8-10-12-15-18-20/h10,12-13,16,19-20H,3-9,11,14-15,17-18H2,1-2H3/b12-10+,16-13+. The van der Waals surface area contributed by atoms with Gasteiger partial charge < -0.3 is 5.11 Å². The second-order valence-electron chi connectivity index (χ2n) is 5.88. The van der Waals surface area contributed by atoms with Crippen LogP contribution in [0.25, 0.3) is 0 Å². The molecular formula is C19H36O. The Morgan fingerprint density at radius 1 is 0.800 bits per heavy atom. The Labute approximate surface area is 127 Å². The fourth-order valence-corrected chi connectivity index (χ4v) is 2.32. The minimum Gasteiger partial charge on any atom is -0.396 e. The SMILES string of the molecule is CCCC/C=C/C(C)CCCCCCC/C=C/CCO. The highest BCUT2D eigenvalue weighted by Gasteiger charge is 1.97. The van der Waals surface area contributed by atoms with Gasteiger partial charge in [0.1, 0.15) is 0 Å². The van der Waals surface area contributed by atoms with E-state index in [9.17, 15) is 0 Å². The number of hydrogen-bond acceptors (Lipinski definition) is 1. The van der Waals surface area contributed by atoms with E-state index in [2.05, 4.69) is 38.2 Å². The predicted octanol–water partition coefficient (Wildman–Crippen LogP) is 6.04. The van der Waals surface area contributed by atoms with Gasteiger partial charge in [0, 0.05) is 6.61 Å². The van der Waals surface area contributed by atoms with E-state index in [0.29, 0.717) is 0 Å². The van der Waals surface area contributed by atoms with Gasteiger partial charge in [0.2, 0.25) is 0 Å². The maximum atomic E-state index is 8.64. The number of aliphatic hydroxyl groups excluding tert-OH is 1. The summed E-state index contributed by atoms with van der Waals surface area (Å²) in [6, 6.07) is 0. The van der Waals surface area contributed by atoms with Crippen LogP contribution in [0.15, 0.2) is 24.3 Å². The molecule has 0 aliphatic carbocycles. The van der Waals surface area contributed by atoms with Crippen LogP contribution in [0, 0.1) is 5.92 Å². The molecule has 0 bridgehead atoms. The Hall–Kier alpha value is -0.560. The summed E-state index contributed by atoms with van der Waals surface area (Å²) in [5.41, 5.74) is 0. The van der Waals surface area contributed by atoms with Crippen molar-refractivity contribution in [2.75, 3.05) is 6.61 Å². The normalized spacial score (nSPS) is 13.6. The van der Waals surface area contributed by atoms with Gasteiger partial charge in [0.25, 0.3) is 0 Å². The van der Waals surface area contributed by atoms with Gasteiger partial charge in [-0.2, -0.15) is 0 Å². The van der Waals surface area contributed by atoms with Crippen LogP contribution >= 0.6 is 0 Å². The lowest BCUT2D eigenvalue weighted by Crippen LogP contribution is -1.90. The molecule has 0 aliphatic rings. The molecule has 20 heavy (non-hydrogen) atoms. The van der Waals surface area contributed by atoms with Gasteiger partial charge in [-0.1, -0.05) is 76.7 Å². The highest BCUT2D eigenvalue weighted by molar-refractivity contribution is 4.86. The molecule has 1 atom stereocenters. The van der Waals surface area contributed by atoms with Gasteiger partial charge in [0.05, 0.1) is 0 Å². The summed E-state index contributed by atoms with van der Waals surface area (Å²) >= 11 is 0. The monoisotopic (exact) mass is 280 g/mol. The van der Waals surface area contributed by atoms with E-state index < -0.39 is 0 Å². The molecule has 0 radical (unpaired) electrons. The molecule has 0 aromatic rings. The molecular weight excluding hydrogens is 244 g/mol. The summed E-state index contributed by atoms with van der Waals surface area (Å²) in [5, 5.41) is 8.64. The zero-order valence-corrected chi connectivity index (χ0v) is 13.8. The Morgan fingerprint density at radius 2 is 1.45 bits per heavy atom. The minimum atomic E-state index is 0.279. The Morgan fingerprint density at radius 3 is 2.20 bits per heavy atom. The van der Waals surface area contributed by atoms with Crippen LogP contribution in [0.1, 0.15) is 84.5 Å². The van der Waals surface area contributed by atoms with Crippen LogP contribution in [-0.2, 0) is 0 Å². The second kappa shape index (κ2) is 16.5. The van der Waals surface area contributed by atoms with Crippen molar-refractivity contribution < 1.29 is 5.11 Å². The minimum absolute atomic E-state index is 0.279. The van der Waals surface area contributed by atoms with Crippen LogP contribution in [0.5, 0.6) is 0 Å². The lowest BCUT2D eigenvalue weighted by atomic mass is 10.0. The zero-order chi connectivity index (χ0) is 14.9. The largest absolute Gasteiger partial charge is 0.396 e. The third kappa shape index (κ3) is 15.5. The lowest BCUT2D eigenvalue weighted by molar-refractivity contribution is 0.302. The van der Waals surface area contributed by atoms with Gasteiger partial charge in [0.15, 0.2) is 0 Å². The van der Waals surface area contributed by atoms with E-state index in [4.69, 9.17) is 5.11 Å². The lowest BCUT2D eigenvalue weighted by Gasteiger charge is -2.06. The van der Waals surface area contributed by atoms with Crippen LogP contribution in [0.4, 0.5) is 0 Å². The highest BCUT2D eigenvalue weighted by atomic mass is 16.2. The van der Waals surface area contributed by atoms with Crippen LogP contribution in [-0.4, -0.2) is 11.7 Å². The van der Waals surface area contributed by atoms with E-state index in [0.717, 1.165) is 12.3 Å². The zero-order valence-electron chi connectivity index (χ0n) is 13.8. The first-order valence-electron chi connectivity index (χ1n) is 8.73. The number of unbranched alkanes of at least 4 members (excludes halogenated alkanes) is 7. The van der Waals surface area contributed by atoms with Gasteiger partial charge in [-0.25, -0.2) is 0 Å². The summed E-state index contributed by atoms with van der Waals surface area (Å²) in [4.78, 5) is 0. The molecule has 0 amide bonds. The summed E-state index contributed by atoms with van der Waals surface area (Å²) in [6.07, 6.45) is 23.1. The van der Waals surface area contributed by atoms with Crippen LogP contribution in [0.2, 0.25) is 0 Å². The third-order valence-electron chi connectivity index (χ3n) is 3.68. The molecule has 0 fully saturated rings. The highest BCUT2D eigenvalue weighted by Crippen LogP contribution is 2.13. The van der Waals surface area contributed by atoms with Crippen molar-refractivity contribution in [2.45, 2.75) is 84.5 Å². The quantitative estimate of drug-likeness (QED) is 0.304. The van der Waals surface area contributed by atoms with Crippen LogP contribution in [0.3, 0.4) is 0 Å². The third-order valence-corrected chi connectivity index (χ3v) is 3.68. The van der Waals surface area contributed by atoms with Crippen molar-refractivity contribution in [3.63, 3.8) is 0 Å². The van der Waals surface area contributed by atoms with Crippen molar-refractivity contribution in [1.29, 1.82) is 0 Å². The molecule has 0 saturated carbocycles. The Kier molecular flexibility index (Phi) is 16.0. The van der Waals surface area contributed by atoms with E-state index in [-0.39, 0.29) is 6.61 Å². The summed E-state index contributed by atoms with van der Waals surface area (Å²) < 4.78 is 0. The number of hydrogen-bond donors (Lipinski definition) is 1. The average Bonchev–Trinajstić information content (AvgIpc) is 2.45. The van der Waals surface area contributed by atoms with E-state index in [1.807, 2.05) is 0 Å². The van der Waals surface area contributed by atoms with Crippen molar-refractivity contribution in [3.8, 4) is 0 Å². The molecule has 1 unspecified atom stereocenters. The van der Waals surface area contributed by atoms with Gasteiger partial charge >= 0.3 is 0 Å². The first kappa shape index (κ1) is 19.4. The van der Waals surface area contributed by atoms with Gasteiger partial charge in [-0.15, -0.1) is 0 Å². The molecule has 0 aliphatic heterocycles. The maximum absolute atomic E-state index is 8.64. The molecule has 1 N–H and O–H groups in total. The van der Waals surface area contributed by atoms with Crippen molar-refractivity contribution in [3.05, 3.63) is 24.3 Å². The Balaban J connectivity index is 3.24. The van der Waals surface area contributed by atoms with Crippen molar-refractivity contribution >= 4 is 0 Å². The first-order valence-corrected chi connectivity index (χ1v) is 8.73. The fraction of sp³-hybridized carbons (Fsp3) is 0.789. The van der Waals surface area contributed by atoms with Crippen LogP contribution < -0.4 is 0 Å². The molecule has 1 nitrogen and oxygen atoms in total. The summed E-state index contributed by atoms with van der Waals surface area (Å²) in [5.74, 6) is 0.758. The molecule has 1 heteroatoms. The fourth-order valence-electron chi connectivity index (χ4n) is 2.32. The van der Waals surface area contributed by atoms with E-state index in [1.165, 1.54) is 64.2 Å². The smallest absolute Gasteiger partial charge is 0.0465 e. The predicted molar refractivity (Wildman–Crippen MR) is 91.0 cm³/mol. The molecule has 0 aromatic carbocycles. The summed E-state index contributed by atoms with van der Waals surface area (Å²) in [6.45, 7) is 4.87. The molecule has 0 spiro atoms. The number of rotatable bonds is 14. The molecule has 0 saturated heterocycles. The molecule has 0 rings (SSSR count). The van der Waals surface area contributed by atoms with Gasteiger partial charge in [-0.3, -0.25) is 0 Å². The molecule has 0 heterocycles. The Bertz CT molecular complexity index is 230. The summed E-state index contributed by atoms with van der Waals surface area (Å²) in [7, 11) is 0. The number of allylic oxidation sites excluding steroid dienone is 3. The first-order chi connectivity index (χ1) is 9.81. The van der Waals surface area contributed by atoms with Gasteiger partial charge in [-0.05, 0) is 38.0 Å². The maximum Gasteiger partial charge on any atom is 0.0465 e. The van der Waals surface area contributed by atoms with Crippen molar-refractivity contribution in [1.82, 2.24) is 0 Å².